The first-order chi connectivity index (χ1) is 8.05. The lowest BCUT2D eigenvalue weighted by atomic mass is 10.2. The Morgan fingerprint density at radius 2 is 2.12 bits per heavy atom. The van der Waals surface area contributed by atoms with E-state index >= 15 is 0 Å². The first-order valence-corrected chi connectivity index (χ1v) is 5.49. The van der Waals surface area contributed by atoms with Crippen molar-refractivity contribution in [3.05, 3.63) is 23.9 Å². The van der Waals surface area contributed by atoms with Crippen LogP contribution in [-0.4, -0.2) is 30.6 Å². The molecule has 17 heavy (non-hydrogen) atoms. The van der Waals surface area contributed by atoms with Crippen LogP contribution in [0.3, 0.4) is 0 Å². The molecule has 0 fully saturated rings. The van der Waals surface area contributed by atoms with Gasteiger partial charge in [0, 0.05) is 18.6 Å². The minimum Gasteiger partial charge on any atom is -0.378 e. The number of alkyl halides is 4. The van der Waals surface area contributed by atoms with Gasteiger partial charge in [-0.25, -0.2) is 4.98 Å². The maximum absolute atomic E-state index is 12.5. The highest BCUT2D eigenvalue weighted by Gasteiger charge is 2.33. The number of hydrogen-bond acceptors (Lipinski definition) is 3. The molecule has 0 aromatic carbocycles. The SMILES string of the molecule is FC(F)(F)c1cccnc1NCCOCCCl. The molecule has 1 aromatic rings. The summed E-state index contributed by atoms with van der Waals surface area (Å²) >= 11 is 5.38. The van der Waals surface area contributed by atoms with Crippen LogP contribution in [0.5, 0.6) is 0 Å². The summed E-state index contributed by atoms with van der Waals surface area (Å²) in [6.07, 6.45) is -3.11. The van der Waals surface area contributed by atoms with Gasteiger partial charge in [0.15, 0.2) is 0 Å². The number of rotatable bonds is 6. The summed E-state index contributed by atoms with van der Waals surface area (Å²) < 4.78 is 42.7. The van der Waals surface area contributed by atoms with Gasteiger partial charge in [-0.1, -0.05) is 0 Å². The Bertz CT molecular complexity index is 347. The molecule has 0 saturated carbocycles. The fraction of sp³-hybridized carbons (Fsp3) is 0.500. The molecule has 7 heteroatoms. The van der Waals surface area contributed by atoms with E-state index in [1.54, 1.807) is 0 Å². The van der Waals surface area contributed by atoms with Gasteiger partial charge in [-0.05, 0) is 12.1 Å². The number of nitrogens with one attached hydrogen (secondary N) is 1. The molecule has 0 atom stereocenters. The predicted octanol–water partition coefficient (Wildman–Crippen LogP) is 2.77. The topological polar surface area (TPSA) is 34.2 Å². The lowest BCUT2D eigenvalue weighted by Crippen LogP contribution is -2.16. The van der Waals surface area contributed by atoms with Crippen LogP contribution in [0, 0.1) is 0 Å². The van der Waals surface area contributed by atoms with E-state index in [2.05, 4.69) is 10.3 Å². The first-order valence-electron chi connectivity index (χ1n) is 4.95. The van der Waals surface area contributed by atoms with Crippen molar-refractivity contribution in [1.29, 1.82) is 0 Å². The largest absolute Gasteiger partial charge is 0.419 e. The molecule has 1 N–H and O–H groups in total. The first kappa shape index (κ1) is 14.1. The van der Waals surface area contributed by atoms with Gasteiger partial charge in [0.05, 0.1) is 18.8 Å². The molecular formula is C10H12ClF3N2O. The van der Waals surface area contributed by atoms with Crippen LogP contribution in [0.15, 0.2) is 18.3 Å². The summed E-state index contributed by atoms with van der Waals surface area (Å²) in [5.41, 5.74) is -0.780. The molecule has 1 aromatic heterocycles. The van der Waals surface area contributed by atoms with Gasteiger partial charge >= 0.3 is 6.18 Å². The zero-order chi connectivity index (χ0) is 12.7. The van der Waals surface area contributed by atoms with Crippen LogP contribution >= 0.6 is 11.6 Å². The van der Waals surface area contributed by atoms with Crippen LogP contribution in [-0.2, 0) is 10.9 Å². The standard InChI is InChI=1S/C10H12ClF3N2O/c11-3-6-17-7-5-16-9-8(10(12,13)14)2-1-4-15-9/h1-2,4H,3,5-7H2,(H,15,16). The molecule has 0 amide bonds. The minimum atomic E-state index is -4.41. The molecule has 0 saturated heterocycles. The van der Waals surface area contributed by atoms with Crippen LogP contribution in [0.1, 0.15) is 5.56 Å². The van der Waals surface area contributed by atoms with Gasteiger partial charge in [0.25, 0.3) is 0 Å². The number of aromatic nitrogens is 1. The van der Waals surface area contributed by atoms with Crippen LogP contribution in [0.2, 0.25) is 0 Å². The molecule has 0 aliphatic rings. The predicted molar refractivity (Wildman–Crippen MR) is 59.3 cm³/mol. The quantitative estimate of drug-likeness (QED) is 0.636. The summed E-state index contributed by atoms with van der Waals surface area (Å²) in [7, 11) is 0. The normalized spacial score (nSPS) is 11.5. The van der Waals surface area contributed by atoms with Crippen molar-refractivity contribution in [2.75, 3.05) is 31.0 Å². The molecule has 0 aliphatic heterocycles. The maximum Gasteiger partial charge on any atom is 0.419 e. The third-order valence-electron chi connectivity index (χ3n) is 1.87. The van der Waals surface area contributed by atoms with Gasteiger partial charge in [0.2, 0.25) is 0 Å². The van der Waals surface area contributed by atoms with E-state index in [-0.39, 0.29) is 19.0 Å². The summed E-state index contributed by atoms with van der Waals surface area (Å²) in [4.78, 5) is 3.65. The van der Waals surface area contributed by atoms with Gasteiger partial charge in [-0.2, -0.15) is 13.2 Å². The number of pyridine rings is 1. The summed E-state index contributed by atoms with van der Waals surface area (Å²) in [6, 6.07) is 2.23. The number of nitrogens with zero attached hydrogens (tertiary/aromatic N) is 1. The van der Waals surface area contributed by atoms with Gasteiger partial charge < -0.3 is 10.1 Å². The Balaban J connectivity index is 2.53. The molecule has 3 nitrogen and oxygen atoms in total. The lowest BCUT2D eigenvalue weighted by Gasteiger charge is -2.12. The van der Waals surface area contributed by atoms with E-state index in [0.717, 1.165) is 6.07 Å². The Morgan fingerprint density at radius 1 is 1.35 bits per heavy atom. The Hall–Kier alpha value is -1.01. The van der Waals surface area contributed by atoms with E-state index in [0.29, 0.717) is 12.5 Å². The molecule has 0 bridgehead atoms. The second kappa shape index (κ2) is 6.66. The average Bonchev–Trinajstić information content (AvgIpc) is 2.28. The van der Waals surface area contributed by atoms with E-state index < -0.39 is 11.7 Å². The van der Waals surface area contributed by atoms with Crippen molar-refractivity contribution in [2.45, 2.75) is 6.18 Å². The maximum atomic E-state index is 12.5. The molecule has 1 heterocycles. The van der Waals surface area contributed by atoms with Crippen molar-refractivity contribution in [1.82, 2.24) is 4.98 Å². The van der Waals surface area contributed by atoms with Gasteiger partial charge in [0.1, 0.15) is 5.82 Å². The fourth-order valence-corrected chi connectivity index (χ4v) is 1.28. The summed E-state index contributed by atoms with van der Waals surface area (Å²) in [5.74, 6) is 0.173. The molecule has 0 aliphatic carbocycles. The van der Waals surface area contributed by atoms with Crippen LogP contribution in [0.25, 0.3) is 0 Å². The molecular weight excluding hydrogens is 257 g/mol. The second-order valence-corrected chi connectivity index (χ2v) is 3.50. The Kier molecular flexibility index (Phi) is 5.50. The summed E-state index contributed by atoms with van der Waals surface area (Å²) in [5, 5.41) is 2.58. The van der Waals surface area contributed by atoms with Crippen molar-refractivity contribution in [3.63, 3.8) is 0 Å². The fourth-order valence-electron chi connectivity index (χ4n) is 1.17. The van der Waals surface area contributed by atoms with Gasteiger partial charge in [-0.3, -0.25) is 0 Å². The molecule has 0 spiro atoms. The smallest absolute Gasteiger partial charge is 0.378 e. The Labute approximate surface area is 102 Å². The van der Waals surface area contributed by atoms with Crippen molar-refractivity contribution >= 4 is 17.4 Å². The van der Waals surface area contributed by atoms with Crippen molar-refractivity contribution in [3.8, 4) is 0 Å². The number of halogens is 4. The molecule has 1 rings (SSSR count). The van der Waals surface area contributed by atoms with E-state index in [1.165, 1.54) is 12.3 Å². The van der Waals surface area contributed by atoms with Crippen LogP contribution < -0.4 is 5.32 Å². The molecule has 0 unspecified atom stereocenters. The minimum absolute atomic E-state index is 0.186. The zero-order valence-corrected chi connectivity index (χ0v) is 9.68. The van der Waals surface area contributed by atoms with Crippen molar-refractivity contribution < 1.29 is 17.9 Å². The van der Waals surface area contributed by atoms with Crippen molar-refractivity contribution in [2.24, 2.45) is 0 Å². The highest BCUT2D eigenvalue weighted by atomic mass is 35.5. The highest BCUT2D eigenvalue weighted by molar-refractivity contribution is 6.17. The van der Waals surface area contributed by atoms with E-state index in [9.17, 15) is 13.2 Å². The van der Waals surface area contributed by atoms with E-state index in [1.807, 2.05) is 0 Å². The monoisotopic (exact) mass is 268 g/mol. The number of ether oxygens (including phenoxy) is 1. The molecule has 96 valence electrons. The third kappa shape index (κ3) is 4.79. The summed E-state index contributed by atoms with van der Waals surface area (Å²) in [6.45, 7) is 0.898. The molecule has 0 radical (unpaired) electrons. The highest BCUT2D eigenvalue weighted by Crippen LogP contribution is 2.33. The van der Waals surface area contributed by atoms with Crippen LogP contribution in [0.4, 0.5) is 19.0 Å². The lowest BCUT2D eigenvalue weighted by molar-refractivity contribution is -0.137. The Morgan fingerprint density at radius 3 is 2.76 bits per heavy atom. The zero-order valence-electron chi connectivity index (χ0n) is 8.93. The van der Waals surface area contributed by atoms with Gasteiger partial charge in [-0.15, -0.1) is 11.6 Å². The second-order valence-electron chi connectivity index (χ2n) is 3.13. The van der Waals surface area contributed by atoms with E-state index in [4.69, 9.17) is 16.3 Å². The number of anilines is 1. The third-order valence-corrected chi connectivity index (χ3v) is 2.03. The number of hydrogen-bond donors (Lipinski definition) is 1. The average molecular weight is 269 g/mol.